The second-order valence-electron chi connectivity index (χ2n) is 8.04. The molecule has 3 aromatic carbocycles. The van der Waals surface area contributed by atoms with Crippen LogP contribution in [0.3, 0.4) is 0 Å². The zero-order valence-electron chi connectivity index (χ0n) is 20.0. The standard InChI is InChI=1S/C26H29N3O3S2/c1-18-6-10-23(11-7-18)29(34(31,32)25-14-12-24(33-5)13-15-25)17-26(30)28-27-16-22-9-8-19(2)20(3)21(22)4/h6-16H,17H2,1-5H3,(H,28,30)/b27-16-. The summed E-state index contributed by atoms with van der Waals surface area (Å²) in [6.07, 6.45) is 3.50. The molecule has 1 N–H and O–H groups in total. The van der Waals surface area contributed by atoms with E-state index in [0.29, 0.717) is 5.69 Å². The minimum atomic E-state index is -3.97. The molecule has 0 bridgehead atoms. The number of hydrazone groups is 1. The normalized spacial score (nSPS) is 11.6. The molecular weight excluding hydrogens is 466 g/mol. The molecule has 0 aromatic heterocycles. The molecule has 178 valence electrons. The highest BCUT2D eigenvalue weighted by Crippen LogP contribution is 2.25. The number of amides is 1. The second-order valence-corrected chi connectivity index (χ2v) is 10.8. The Labute approximate surface area is 206 Å². The van der Waals surface area contributed by atoms with Crippen LogP contribution in [-0.2, 0) is 14.8 Å². The lowest BCUT2D eigenvalue weighted by atomic mass is 10.00. The summed E-state index contributed by atoms with van der Waals surface area (Å²) in [6, 6.07) is 17.6. The molecule has 3 aromatic rings. The van der Waals surface area contributed by atoms with Crippen molar-refractivity contribution in [3.05, 3.63) is 88.5 Å². The van der Waals surface area contributed by atoms with E-state index in [1.165, 1.54) is 22.9 Å². The molecule has 0 saturated heterocycles. The van der Waals surface area contributed by atoms with E-state index in [9.17, 15) is 13.2 Å². The number of nitrogens with one attached hydrogen (secondary N) is 1. The minimum Gasteiger partial charge on any atom is -0.271 e. The maximum atomic E-state index is 13.5. The average molecular weight is 496 g/mol. The summed E-state index contributed by atoms with van der Waals surface area (Å²) >= 11 is 1.53. The van der Waals surface area contributed by atoms with Gasteiger partial charge in [-0.3, -0.25) is 9.10 Å². The van der Waals surface area contributed by atoms with E-state index in [2.05, 4.69) is 10.5 Å². The van der Waals surface area contributed by atoms with Crippen LogP contribution in [0.15, 0.2) is 75.6 Å². The number of rotatable bonds is 8. The summed E-state index contributed by atoms with van der Waals surface area (Å²) in [4.78, 5) is 13.8. The number of benzene rings is 3. The Morgan fingerprint density at radius 3 is 2.21 bits per heavy atom. The van der Waals surface area contributed by atoms with E-state index in [4.69, 9.17) is 0 Å². The molecule has 0 aliphatic rings. The van der Waals surface area contributed by atoms with Crippen molar-refractivity contribution < 1.29 is 13.2 Å². The summed E-state index contributed by atoms with van der Waals surface area (Å²) in [7, 11) is -3.97. The van der Waals surface area contributed by atoms with Crippen molar-refractivity contribution in [3.8, 4) is 0 Å². The smallest absolute Gasteiger partial charge is 0.264 e. The van der Waals surface area contributed by atoms with Gasteiger partial charge < -0.3 is 0 Å². The van der Waals surface area contributed by atoms with Crippen LogP contribution >= 0.6 is 11.8 Å². The van der Waals surface area contributed by atoms with E-state index in [-0.39, 0.29) is 4.90 Å². The predicted octanol–water partition coefficient (Wildman–Crippen LogP) is 4.99. The van der Waals surface area contributed by atoms with Crippen molar-refractivity contribution in [1.29, 1.82) is 0 Å². The number of hydrogen-bond donors (Lipinski definition) is 1. The summed E-state index contributed by atoms with van der Waals surface area (Å²) < 4.78 is 28.0. The number of carbonyl (C=O) groups excluding carboxylic acids is 1. The van der Waals surface area contributed by atoms with Gasteiger partial charge in [-0.25, -0.2) is 13.8 Å². The monoisotopic (exact) mass is 495 g/mol. The molecule has 8 heteroatoms. The van der Waals surface area contributed by atoms with Crippen molar-refractivity contribution >= 4 is 39.6 Å². The molecule has 34 heavy (non-hydrogen) atoms. The van der Waals surface area contributed by atoms with Gasteiger partial charge in [0.2, 0.25) is 0 Å². The molecule has 1 amide bonds. The fourth-order valence-corrected chi connectivity index (χ4v) is 5.19. The Bertz CT molecular complexity index is 1300. The molecule has 0 aliphatic carbocycles. The molecule has 0 atom stereocenters. The van der Waals surface area contributed by atoms with Crippen LogP contribution in [0.5, 0.6) is 0 Å². The summed E-state index contributed by atoms with van der Waals surface area (Å²) in [6.45, 7) is 7.59. The van der Waals surface area contributed by atoms with E-state index < -0.39 is 22.5 Å². The minimum absolute atomic E-state index is 0.118. The fraction of sp³-hybridized carbons (Fsp3) is 0.231. The first kappa shape index (κ1) is 25.5. The predicted molar refractivity (Wildman–Crippen MR) is 140 cm³/mol. The van der Waals surface area contributed by atoms with Crippen LogP contribution in [0.25, 0.3) is 0 Å². The SMILES string of the molecule is CSc1ccc(S(=O)(=O)N(CC(=O)N/N=C\c2ccc(C)c(C)c2C)c2ccc(C)cc2)cc1. The highest BCUT2D eigenvalue weighted by molar-refractivity contribution is 7.98. The fourth-order valence-electron chi connectivity index (χ4n) is 3.36. The van der Waals surface area contributed by atoms with Gasteiger partial charge in [0, 0.05) is 4.90 Å². The van der Waals surface area contributed by atoms with Gasteiger partial charge in [0.15, 0.2) is 0 Å². The molecule has 0 radical (unpaired) electrons. The summed E-state index contributed by atoms with van der Waals surface area (Å²) in [5.74, 6) is -0.539. The van der Waals surface area contributed by atoms with Gasteiger partial charge in [0.1, 0.15) is 6.54 Å². The van der Waals surface area contributed by atoms with Crippen LogP contribution in [-0.4, -0.2) is 33.3 Å². The van der Waals surface area contributed by atoms with Gasteiger partial charge in [0.05, 0.1) is 16.8 Å². The second kappa shape index (κ2) is 10.9. The number of hydrogen-bond acceptors (Lipinski definition) is 5. The van der Waals surface area contributed by atoms with Gasteiger partial charge in [-0.15, -0.1) is 11.8 Å². The lowest BCUT2D eigenvalue weighted by molar-refractivity contribution is -0.119. The summed E-state index contributed by atoms with van der Waals surface area (Å²) in [5, 5.41) is 4.06. The van der Waals surface area contributed by atoms with Crippen molar-refractivity contribution in [2.45, 2.75) is 37.5 Å². The first-order valence-corrected chi connectivity index (χ1v) is 13.4. The third-order valence-electron chi connectivity index (χ3n) is 5.75. The third kappa shape index (κ3) is 5.87. The van der Waals surface area contributed by atoms with Crippen LogP contribution in [0.2, 0.25) is 0 Å². The number of nitrogens with zero attached hydrogens (tertiary/aromatic N) is 2. The topological polar surface area (TPSA) is 78.8 Å². The highest BCUT2D eigenvalue weighted by Gasteiger charge is 2.27. The molecule has 0 spiro atoms. The van der Waals surface area contributed by atoms with Gasteiger partial charge in [0.25, 0.3) is 15.9 Å². The molecule has 0 aliphatic heterocycles. The molecule has 3 rings (SSSR count). The zero-order valence-corrected chi connectivity index (χ0v) is 21.6. The first-order valence-electron chi connectivity index (χ1n) is 10.8. The van der Waals surface area contributed by atoms with Crippen LogP contribution in [0.1, 0.15) is 27.8 Å². The number of sulfonamides is 1. The van der Waals surface area contributed by atoms with E-state index in [1.54, 1.807) is 42.6 Å². The number of anilines is 1. The number of thioether (sulfide) groups is 1. The van der Waals surface area contributed by atoms with Gasteiger partial charge in [-0.1, -0.05) is 29.8 Å². The Hall–Kier alpha value is -3.10. The lowest BCUT2D eigenvalue weighted by Gasteiger charge is -2.24. The van der Waals surface area contributed by atoms with Crippen molar-refractivity contribution in [2.24, 2.45) is 5.10 Å². The molecule has 0 saturated carbocycles. The average Bonchev–Trinajstić information content (AvgIpc) is 2.83. The highest BCUT2D eigenvalue weighted by atomic mass is 32.2. The molecule has 0 fully saturated rings. The molecular formula is C26H29N3O3S2. The van der Waals surface area contributed by atoms with Gasteiger partial charge in [-0.05, 0) is 92.6 Å². The van der Waals surface area contributed by atoms with E-state index >= 15 is 0 Å². The van der Waals surface area contributed by atoms with Crippen molar-refractivity contribution in [1.82, 2.24) is 5.43 Å². The summed E-state index contributed by atoms with van der Waals surface area (Å²) in [5.41, 5.74) is 8.18. The maximum Gasteiger partial charge on any atom is 0.264 e. The number of carbonyl (C=O) groups is 1. The number of aryl methyl sites for hydroxylation is 2. The molecule has 6 nitrogen and oxygen atoms in total. The van der Waals surface area contributed by atoms with Crippen LogP contribution < -0.4 is 9.73 Å². The van der Waals surface area contributed by atoms with E-state index in [0.717, 1.165) is 25.9 Å². The lowest BCUT2D eigenvalue weighted by Crippen LogP contribution is -2.39. The van der Waals surface area contributed by atoms with Crippen LogP contribution in [0, 0.1) is 27.7 Å². The van der Waals surface area contributed by atoms with Crippen molar-refractivity contribution in [3.63, 3.8) is 0 Å². The first-order chi connectivity index (χ1) is 16.1. The van der Waals surface area contributed by atoms with Gasteiger partial charge >= 0.3 is 0 Å². The van der Waals surface area contributed by atoms with Crippen molar-refractivity contribution in [2.75, 3.05) is 17.1 Å². The largest absolute Gasteiger partial charge is 0.271 e. The van der Waals surface area contributed by atoms with Gasteiger partial charge in [-0.2, -0.15) is 5.10 Å². The Morgan fingerprint density at radius 1 is 0.941 bits per heavy atom. The third-order valence-corrected chi connectivity index (χ3v) is 8.28. The Kier molecular flexibility index (Phi) is 8.17. The maximum absolute atomic E-state index is 13.5. The van der Waals surface area contributed by atoms with Crippen LogP contribution in [0.4, 0.5) is 5.69 Å². The Morgan fingerprint density at radius 2 is 1.59 bits per heavy atom. The Balaban J connectivity index is 1.85. The molecule has 0 heterocycles. The van der Waals surface area contributed by atoms with E-state index in [1.807, 2.05) is 58.2 Å². The quantitative estimate of drug-likeness (QED) is 0.271. The molecule has 0 unspecified atom stereocenters. The zero-order chi connectivity index (χ0) is 24.9.